The molecular weight excluding hydrogens is 465 g/mol. The van der Waals surface area contributed by atoms with Crippen molar-refractivity contribution in [3.8, 4) is 0 Å². The topological polar surface area (TPSA) is 60.0 Å². The number of carbonyl (C=O) groups excluding carboxylic acids is 1. The van der Waals surface area contributed by atoms with Gasteiger partial charge in [0.2, 0.25) is 0 Å². The summed E-state index contributed by atoms with van der Waals surface area (Å²) in [5.74, 6) is 1.62. The molecule has 1 amide bonds. The second kappa shape index (κ2) is 11.0. The van der Waals surface area contributed by atoms with Crippen molar-refractivity contribution >= 4 is 35.8 Å². The molecule has 7 heteroatoms. The van der Waals surface area contributed by atoms with Crippen molar-refractivity contribution in [2.75, 3.05) is 47.3 Å². The van der Waals surface area contributed by atoms with Gasteiger partial charge in [0.1, 0.15) is 0 Å². The van der Waals surface area contributed by atoms with Crippen molar-refractivity contribution < 1.29 is 4.79 Å². The molecule has 0 bridgehead atoms. The molecule has 1 aliphatic carbocycles. The minimum absolute atomic E-state index is 0. The van der Waals surface area contributed by atoms with E-state index in [0.29, 0.717) is 0 Å². The van der Waals surface area contributed by atoms with Gasteiger partial charge in [0.25, 0.3) is 5.91 Å². The third-order valence-electron chi connectivity index (χ3n) is 5.45. The standard InChI is InChI=1S/C21H33N5O.HI/c1-22-21(24-14-17-10-12-26(15-17)19-7-8-19)23-11-9-16-5-4-6-18(13-16)20(27)25(2)3;/h4-6,13,17,19H,7-12,14-15H2,1-3H3,(H2,22,23,24);1H. The van der Waals surface area contributed by atoms with E-state index in [9.17, 15) is 4.79 Å². The van der Waals surface area contributed by atoms with E-state index in [1.165, 1.54) is 32.4 Å². The largest absolute Gasteiger partial charge is 0.356 e. The van der Waals surface area contributed by atoms with Crippen LogP contribution in [-0.2, 0) is 6.42 Å². The van der Waals surface area contributed by atoms with Gasteiger partial charge in [0, 0.05) is 52.4 Å². The van der Waals surface area contributed by atoms with Gasteiger partial charge >= 0.3 is 0 Å². The lowest BCUT2D eigenvalue weighted by molar-refractivity contribution is 0.0827. The maximum Gasteiger partial charge on any atom is 0.253 e. The van der Waals surface area contributed by atoms with Crippen LogP contribution in [0.15, 0.2) is 29.3 Å². The number of likely N-dealkylation sites (tertiary alicyclic amines) is 1. The summed E-state index contributed by atoms with van der Waals surface area (Å²) >= 11 is 0. The molecule has 6 nitrogen and oxygen atoms in total. The Kier molecular flexibility index (Phi) is 9.01. The number of benzene rings is 1. The normalized spacial score (nSPS) is 19.8. The number of rotatable bonds is 7. The third-order valence-corrected chi connectivity index (χ3v) is 5.45. The first-order chi connectivity index (χ1) is 13.1. The average molecular weight is 499 g/mol. The zero-order valence-electron chi connectivity index (χ0n) is 17.3. The highest BCUT2D eigenvalue weighted by atomic mass is 127. The van der Waals surface area contributed by atoms with E-state index in [4.69, 9.17) is 0 Å². The van der Waals surface area contributed by atoms with Crippen LogP contribution < -0.4 is 10.6 Å². The van der Waals surface area contributed by atoms with E-state index in [-0.39, 0.29) is 29.9 Å². The molecule has 1 saturated carbocycles. The number of hydrogen-bond acceptors (Lipinski definition) is 3. The van der Waals surface area contributed by atoms with E-state index in [0.717, 1.165) is 48.6 Å². The van der Waals surface area contributed by atoms with Crippen LogP contribution in [0.3, 0.4) is 0 Å². The molecule has 2 aliphatic rings. The van der Waals surface area contributed by atoms with Crippen LogP contribution >= 0.6 is 24.0 Å². The van der Waals surface area contributed by atoms with Crippen molar-refractivity contribution in [2.45, 2.75) is 31.7 Å². The molecule has 1 atom stereocenters. The second-order valence-electron chi connectivity index (χ2n) is 7.91. The van der Waals surface area contributed by atoms with Gasteiger partial charge in [-0.2, -0.15) is 0 Å². The molecular formula is C21H34IN5O. The molecule has 3 rings (SSSR count). The SMILES string of the molecule is CN=C(NCCc1cccc(C(=O)N(C)C)c1)NCC1CCN(C2CC2)C1.I. The Morgan fingerprint density at radius 1 is 1.25 bits per heavy atom. The number of amides is 1. The lowest BCUT2D eigenvalue weighted by atomic mass is 10.1. The van der Waals surface area contributed by atoms with Gasteiger partial charge in [0.05, 0.1) is 0 Å². The fourth-order valence-corrected chi connectivity index (χ4v) is 3.71. The number of guanidine groups is 1. The highest BCUT2D eigenvalue weighted by Gasteiger charge is 2.34. The van der Waals surface area contributed by atoms with Gasteiger partial charge in [-0.05, 0) is 55.8 Å². The molecule has 0 spiro atoms. The Balaban J connectivity index is 0.00000280. The van der Waals surface area contributed by atoms with Crippen LogP contribution in [0.1, 0.15) is 35.2 Å². The molecule has 0 radical (unpaired) electrons. The molecule has 2 N–H and O–H groups in total. The van der Waals surface area contributed by atoms with E-state index in [2.05, 4.69) is 26.6 Å². The van der Waals surface area contributed by atoms with Crippen LogP contribution in [-0.4, -0.2) is 75.0 Å². The number of halogens is 1. The van der Waals surface area contributed by atoms with Crippen molar-refractivity contribution in [1.82, 2.24) is 20.4 Å². The van der Waals surface area contributed by atoms with Gasteiger partial charge in [-0.25, -0.2) is 0 Å². The maximum atomic E-state index is 12.1. The molecule has 1 aliphatic heterocycles. The summed E-state index contributed by atoms with van der Waals surface area (Å²) < 4.78 is 0. The van der Waals surface area contributed by atoms with E-state index in [1.807, 2.05) is 25.2 Å². The fourth-order valence-electron chi connectivity index (χ4n) is 3.71. The first kappa shape index (κ1) is 22.9. The first-order valence-electron chi connectivity index (χ1n) is 10.1. The zero-order chi connectivity index (χ0) is 19.2. The molecule has 1 aromatic carbocycles. The van der Waals surface area contributed by atoms with E-state index >= 15 is 0 Å². The van der Waals surface area contributed by atoms with E-state index < -0.39 is 0 Å². The Morgan fingerprint density at radius 2 is 2.04 bits per heavy atom. The minimum Gasteiger partial charge on any atom is -0.356 e. The van der Waals surface area contributed by atoms with Gasteiger partial charge < -0.3 is 20.4 Å². The maximum absolute atomic E-state index is 12.1. The molecule has 2 fully saturated rings. The summed E-state index contributed by atoms with van der Waals surface area (Å²) in [5.41, 5.74) is 1.89. The predicted molar refractivity (Wildman–Crippen MR) is 126 cm³/mol. The quantitative estimate of drug-likeness (QED) is 0.343. The van der Waals surface area contributed by atoms with Crippen LogP contribution in [0.5, 0.6) is 0 Å². The molecule has 156 valence electrons. The lowest BCUT2D eigenvalue weighted by Crippen LogP contribution is -2.41. The number of carbonyl (C=O) groups is 1. The summed E-state index contributed by atoms with van der Waals surface area (Å²) in [6, 6.07) is 8.74. The zero-order valence-corrected chi connectivity index (χ0v) is 19.6. The van der Waals surface area contributed by atoms with Gasteiger partial charge in [-0.15, -0.1) is 24.0 Å². The number of nitrogens with zero attached hydrogens (tertiary/aromatic N) is 3. The third kappa shape index (κ3) is 6.62. The summed E-state index contributed by atoms with van der Waals surface area (Å²) in [4.78, 5) is 20.7. The molecule has 1 aromatic rings. The van der Waals surface area contributed by atoms with Crippen LogP contribution in [0, 0.1) is 5.92 Å². The second-order valence-corrected chi connectivity index (χ2v) is 7.91. The lowest BCUT2D eigenvalue weighted by Gasteiger charge is -2.17. The Morgan fingerprint density at radius 3 is 2.71 bits per heavy atom. The Bertz CT molecular complexity index is 675. The number of nitrogens with one attached hydrogen (secondary N) is 2. The van der Waals surface area contributed by atoms with Crippen molar-refractivity contribution in [3.63, 3.8) is 0 Å². The van der Waals surface area contributed by atoms with Crippen molar-refractivity contribution in [1.29, 1.82) is 0 Å². The highest BCUT2D eigenvalue weighted by molar-refractivity contribution is 14.0. The minimum atomic E-state index is 0. The smallest absolute Gasteiger partial charge is 0.253 e. The van der Waals surface area contributed by atoms with Crippen LogP contribution in [0.4, 0.5) is 0 Å². The van der Waals surface area contributed by atoms with Gasteiger partial charge in [-0.3, -0.25) is 9.79 Å². The number of hydrogen-bond donors (Lipinski definition) is 2. The summed E-state index contributed by atoms with van der Waals surface area (Å²) in [6.45, 7) is 4.25. The highest BCUT2D eigenvalue weighted by Crippen LogP contribution is 2.31. The average Bonchev–Trinajstić information content (AvgIpc) is 3.42. The van der Waals surface area contributed by atoms with Crippen molar-refractivity contribution in [2.24, 2.45) is 10.9 Å². The first-order valence-corrected chi connectivity index (χ1v) is 10.1. The Hall–Kier alpha value is -1.35. The van der Waals surface area contributed by atoms with Gasteiger partial charge in [0.15, 0.2) is 5.96 Å². The Labute approximate surface area is 186 Å². The summed E-state index contributed by atoms with van der Waals surface area (Å²) in [6.07, 6.45) is 4.93. The van der Waals surface area contributed by atoms with Crippen LogP contribution in [0.25, 0.3) is 0 Å². The predicted octanol–water partition coefficient (Wildman–Crippen LogP) is 2.20. The monoisotopic (exact) mass is 499 g/mol. The fraction of sp³-hybridized carbons (Fsp3) is 0.619. The molecule has 0 aromatic heterocycles. The molecule has 28 heavy (non-hydrogen) atoms. The molecule has 1 heterocycles. The van der Waals surface area contributed by atoms with Gasteiger partial charge in [-0.1, -0.05) is 12.1 Å². The van der Waals surface area contributed by atoms with Crippen LogP contribution in [0.2, 0.25) is 0 Å². The van der Waals surface area contributed by atoms with Crippen molar-refractivity contribution in [3.05, 3.63) is 35.4 Å². The van der Waals surface area contributed by atoms with E-state index in [1.54, 1.807) is 19.0 Å². The molecule has 1 saturated heterocycles. The number of aliphatic imine (C=N–C) groups is 1. The molecule has 1 unspecified atom stereocenters. The summed E-state index contributed by atoms with van der Waals surface area (Å²) in [5, 5.41) is 6.86. The summed E-state index contributed by atoms with van der Waals surface area (Å²) in [7, 11) is 5.37.